The molecule has 1 aromatic rings. The summed E-state index contributed by atoms with van der Waals surface area (Å²) in [5, 5.41) is 4.11. The Bertz CT molecular complexity index is 423. The van der Waals surface area contributed by atoms with Crippen molar-refractivity contribution < 1.29 is 9.13 Å². The summed E-state index contributed by atoms with van der Waals surface area (Å²) in [6.07, 6.45) is 2.60. The molecule has 0 radical (unpaired) electrons. The highest BCUT2D eigenvalue weighted by Gasteiger charge is 2.23. The van der Waals surface area contributed by atoms with Crippen LogP contribution in [0.2, 0.25) is 5.02 Å². The van der Waals surface area contributed by atoms with Gasteiger partial charge in [-0.15, -0.1) is 0 Å². The zero-order valence-corrected chi connectivity index (χ0v) is 13.6. The van der Waals surface area contributed by atoms with Crippen LogP contribution in [0.4, 0.5) is 4.39 Å². The fourth-order valence-electron chi connectivity index (χ4n) is 2.21. The predicted octanol–water partition coefficient (Wildman–Crippen LogP) is 4.20. The van der Waals surface area contributed by atoms with Crippen molar-refractivity contribution in [2.45, 2.75) is 51.7 Å². The molecule has 4 heteroatoms. The van der Waals surface area contributed by atoms with Gasteiger partial charge in [0.05, 0.1) is 5.60 Å². The van der Waals surface area contributed by atoms with Crippen molar-refractivity contribution in [2.24, 2.45) is 0 Å². The highest BCUT2D eigenvalue weighted by molar-refractivity contribution is 6.31. The fraction of sp³-hybridized carbons (Fsp3) is 0.625. The molecular formula is C16H25ClFNO. The molecule has 0 saturated heterocycles. The van der Waals surface area contributed by atoms with Crippen molar-refractivity contribution in [1.29, 1.82) is 0 Å². The Balaban J connectivity index is 2.80. The topological polar surface area (TPSA) is 21.3 Å². The molecule has 1 atom stereocenters. The molecule has 0 amide bonds. The van der Waals surface area contributed by atoms with Crippen LogP contribution in [0, 0.1) is 5.82 Å². The normalized spacial score (nSPS) is 13.5. The maximum absolute atomic E-state index is 13.3. The van der Waals surface area contributed by atoms with E-state index in [1.54, 1.807) is 13.2 Å². The van der Waals surface area contributed by atoms with Crippen LogP contribution in [0.5, 0.6) is 0 Å². The van der Waals surface area contributed by atoms with E-state index in [1.165, 1.54) is 12.1 Å². The lowest BCUT2D eigenvalue weighted by Gasteiger charge is -2.29. The van der Waals surface area contributed by atoms with E-state index in [0.29, 0.717) is 11.4 Å². The minimum Gasteiger partial charge on any atom is -0.379 e. The van der Waals surface area contributed by atoms with Gasteiger partial charge in [0.25, 0.3) is 0 Å². The minimum absolute atomic E-state index is 0.212. The summed E-state index contributed by atoms with van der Waals surface area (Å²) in [6, 6.07) is 4.73. The lowest BCUT2D eigenvalue weighted by Crippen LogP contribution is -2.39. The summed E-state index contributed by atoms with van der Waals surface area (Å²) in [6.45, 7) is 7.17. The van der Waals surface area contributed by atoms with Crippen molar-refractivity contribution in [2.75, 3.05) is 13.7 Å². The highest BCUT2D eigenvalue weighted by atomic mass is 35.5. The minimum atomic E-state index is -0.246. The Morgan fingerprint density at radius 3 is 2.70 bits per heavy atom. The first-order valence-corrected chi connectivity index (χ1v) is 7.48. The standard InChI is InChI=1S/C16H25ClFNO/c1-5-8-19-14(11-16(2,3)20-4)10-12-9-13(18)6-7-15(12)17/h6-7,9,14,19H,5,8,10-11H2,1-4H3. The van der Waals surface area contributed by atoms with Crippen molar-refractivity contribution in [3.63, 3.8) is 0 Å². The van der Waals surface area contributed by atoms with E-state index in [9.17, 15) is 4.39 Å². The van der Waals surface area contributed by atoms with Crippen LogP contribution < -0.4 is 5.32 Å². The molecule has 0 spiro atoms. The molecule has 0 heterocycles. The van der Waals surface area contributed by atoms with Gasteiger partial charge in [-0.3, -0.25) is 0 Å². The Morgan fingerprint density at radius 2 is 2.10 bits per heavy atom. The molecule has 0 aliphatic carbocycles. The molecule has 114 valence electrons. The van der Waals surface area contributed by atoms with Crippen LogP contribution in [0.25, 0.3) is 0 Å². The number of nitrogens with one attached hydrogen (secondary N) is 1. The summed E-state index contributed by atoms with van der Waals surface area (Å²) in [5.41, 5.74) is 0.623. The second-order valence-corrected chi connectivity index (χ2v) is 6.17. The molecule has 1 unspecified atom stereocenters. The SMILES string of the molecule is CCCNC(Cc1cc(F)ccc1Cl)CC(C)(C)OC. The lowest BCUT2D eigenvalue weighted by atomic mass is 9.93. The van der Waals surface area contributed by atoms with Crippen molar-refractivity contribution in [1.82, 2.24) is 5.32 Å². The number of benzene rings is 1. The summed E-state index contributed by atoms with van der Waals surface area (Å²) >= 11 is 6.15. The average molecular weight is 302 g/mol. The Hall–Kier alpha value is -0.640. The third-order valence-electron chi connectivity index (χ3n) is 3.45. The molecule has 0 aliphatic heterocycles. The molecule has 0 bridgehead atoms. The fourth-order valence-corrected chi connectivity index (χ4v) is 2.40. The molecule has 1 N–H and O–H groups in total. The quantitative estimate of drug-likeness (QED) is 0.777. The lowest BCUT2D eigenvalue weighted by molar-refractivity contribution is 0.00714. The van der Waals surface area contributed by atoms with Gasteiger partial charge in [0.2, 0.25) is 0 Å². The number of rotatable bonds is 8. The van der Waals surface area contributed by atoms with Gasteiger partial charge < -0.3 is 10.1 Å². The third-order valence-corrected chi connectivity index (χ3v) is 3.82. The first-order chi connectivity index (χ1) is 9.38. The monoisotopic (exact) mass is 301 g/mol. The van der Waals surface area contributed by atoms with Gasteiger partial charge in [0, 0.05) is 18.2 Å². The number of hydrogen-bond acceptors (Lipinski definition) is 2. The van der Waals surface area contributed by atoms with Crippen LogP contribution in [0.15, 0.2) is 18.2 Å². The number of ether oxygens (including phenoxy) is 1. The molecule has 20 heavy (non-hydrogen) atoms. The predicted molar refractivity (Wildman–Crippen MR) is 82.9 cm³/mol. The van der Waals surface area contributed by atoms with E-state index in [2.05, 4.69) is 26.1 Å². The molecule has 1 aromatic carbocycles. The van der Waals surface area contributed by atoms with E-state index >= 15 is 0 Å². The van der Waals surface area contributed by atoms with Crippen LogP contribution in [-0.2, 0) is 11.2 Å². The maximum atomic E-state index is 13.3. The molecule has 0 fully saturated rings. The number of hydrogen-bond donors (Lipinski definition) is 1. The van der Waals surface area contributed by atoms with Gasteiger partial charge in [-0.25, -0.2) is 4.39 Å². The van der Waals surface area contributed by atoms with E-state index < -0.39 is 0 Å². The van der Waals surface area contributed by atoms with E-state index in [1.807, 2.05) is 0 Å². The van der Waals surface area contributed by atoms with Crippen LogP contribution in [0.3, 0.4) is 0 Å². The zero-order valence-electron chi connectivity index (χ0n) is 12.8. The molecule has 1 rings (SSSR count). The molecule has 2 nitrogen and oxygen atoms in total. The zero-order chi connectivity index (χ0) is 15.2. The molecule has 0 aromatic heterocycles. The number of methoxy groups -OCH3 is 1. The summed E-state index contributed by atoms with van der Waals surface area (Å²) in [7, 11) is 1.71. The van der Waals surface area contributed by atoms with Crippen molar-refractivity contribution in [3.8, 4) is 0 Å². The van der Waals surface area contributed by atoms with Gasteiger partial charge in [-0.2, -0.15) is 0 Å². The van der Waals surface area contributed by atoms with Gasteiger partial charge in [0.1, 0.15) is 5.82 Å². The maximum Gasteiger partial charge on any atom is 0.123 e. The largest absolute Gasteiger partial charge is 0.379 e. The van der Waals surface area contributed by atoms with E-state index in [4.69, 9.17) is 16.3 Å². The number of halogens is 2. The smallest absolute Gasteiger partial charge is 0.123 e. The highest BCUT2D eigenvalue weighted by Crippen LogP contribution is 2.23. The van der Waals surface area contributed by atoms with Gasteiger partial charge in [-0.05, 0) is 63.4 Å². The first kappa shape index (κ1) is 17.4. The van der Waals surface area contributed by atoms with Gasteiger partial charge in [-0.1, -0.05) is 18.5 Å². The second kappa shape index (κ2) is 7.96. The van der Waals surface area contributed by atoms with E-state index in [-0.39, 0.29) is 17.5 Å². The summed E-state index contributed by atoms with van der Waals surface area (Å²) in [4.78, 5) is 0. The Kier molecular flexibility index (Phi) is 6.93. The summed E-state index contributed by atoms with van der Waals surface area (Å²) in [5.74, 6) is -0.246. The van der Waals surface area contributed by atoms with Crippen molar-refractivity contribution in [3.05, 3.63) is 34.6 Å². The second-order valence-electron chi connectivity index (χ2n) is 5.76. The van der Waals surface area contributed by atoms with Crippen LogP contribution in [0.1, 0.15) is 39.2 Å². The Labute approximate surface area is 126 Å². The third kappa shape index (κ3) is 5.78. The van der Waals surface area contributed by atoms with E-state index in [0.717, 1.165) is 24.9 Å². The average Bonchev–Trinajstić information content (AvgIpc) is 2.40. The van der Waals surface area contributed by atoms with Crippen LogP contribution >= 0.6 is 11.6 Å². The van der Waals surface area contributed by atoms with Gasteiger partial charge in [0.15, 0.2) is 0 Å². The van der Waals surface area contributed by atoms with Gasteiger partial charge >= 0.3 is 0 Å². The molecule has 0 saturated carbocycles. The van der Waals surface area contributed by atoms with Crippen molar-refractivity contribution >= 4 is 11.6 Å². The molecular weight excluding hydrogens is 277 g/mol. The first-order valence-electron chi connectivity index (χ1n) is 7.10. The summed E-state index contributed by atoms with van der Waals surface area (Å²) < 4.78 is 18.8. The van der Waals surface area contributed by atoms with Crippen LogP contribution in [-0.4, -0.2) is 25.3 Å². The Morgan fingerprint density at radius 1 is 1.40 bits per heavy atom. The molecule has 0 aliphatic rings.